The minimum Gasteiger partial charge on any atom is -0.330 e. The lowest BCUT2D eigenvalue weighted by molar-refractivity contribution is 0.742. The largest absolute Gasteiger partial charge is 0.330 e. The van der Waals surface area contributed by atoms with Gasteiger partial charge in [-0.3, -0.25) is 0 Å². The van der Waals surface area contributed by atoms with Gasteiger partial charge in [-0.15, -0.1) is 0 Å². The fourth-order valence-corrected chi connectivity index (χ4v) is 16.5. The van der Waals surface area contributed by atoms with Crippen molar-refractivity contribution in [1.82, 2.24) is 18.3 Å². The van der Waals surface area contributed by atoms with Gasteiger partial charge in [0.25, 0.3) is 0 Å². The van der Waals surface area contributed by atoms with Crippen LogP contribution in [0.25, 0.3) is 154 Å². The van der Waals surface area contributed by atoms with E-state index in [-0.39, 0.29) is 12.0 Å². The molecule has 20 rings (SSSR count). The number of nitriles is 1. The highest BCUT2D eigenvalue weighted by Crippen LogP contribution is 2.57. The Hall–Kier alpha value is -13.0. The summed E-state index contributed by atoms with van der Waals surface area (Å²) in [6.45, 7) is 0. The Labute approximate surface area is 559 Å². The summed E-state index contributed by atoms with van der Waals surface area (Å²) in [6.07, 6.45) is 9.10. The smallest absolute Gasteiger partial charge is 0.104 e. The number of rotatable bonds is 9. The van der Waals surface area contributed by atoms with Gasteiger partial charge in [-0.2, -0.15) is 5.26 Å². The third-order valence-electron chi connectivity index (χ3n) is 20.7. The molecule has 2 atom stereocenters. The molecule has 2 aliphatic rings. The molecule has 1 aliphatic heterocycles. The van der Waals surface area contributed by atoms with Crippen LogP contribution in [0, 0.1) is 11.3 Å². The molecule has 0 bridgehead atoms. The normalized spacial score (nSPS) is 14.3. The Morgan fingerprint density at radius 3 is 0.928 bits per heavy atom. The zero-order chi connectivity index (χ0) is 63.8. The fraction of sp³-hybridized carbons (Fsp3) is 0.0220. The van der Waals surface area contributed by atoms with Gasteiger partial charge < -0.3 is 23.2 Å². The summed E-state index contributed by atoms with van der Waals surface area (Å²) in [4.78, 5) is 2.55. The van der Waals surface area contributed by atoms with Crippen LogP contribution in [0.2, 0.25) is 0 Å². The van der Waals surface area contributed by atoms with Gasteiger partial charge in [0.05, 0.1) is 78.6 Å². The third kappa shape index (κ3) is 8.13. The molecule has 6 heteroatoms. The van der Waals surface area contributed by atoms with Gasteiger partial charge in [-0.05, 0) is 129 Å². The number of benzene rings is 14. The highest BCUT2D eigenvalue weighted by Gasteiger charge is 2.44. The van der Waals surface area contributed by atoms with E-state index >= 15 is 0 Å². The second-order valence-corrected chi connectivity index (χ2v) is 25.7. The Balaban J connectivity index is 1.08. The number of hydrogen-bond acceptors (Lipinski definition) is 2. The number of anilines is 2. The summed E-state index contributed by atoms with van der Waals surface area (Å²) in [5.41, 5.74) is 24.1. The van der Waals surface area contributed by atoms with Gasteiger partial charge in [-0.25, -0.2) is 0 Å². The molecular weight excluding hydrogens is 1180 g/mol. The first-order valence-corrected chi connectivity index (χ1v) is 33.4. The average molecular weight is 1240 g/mol. The summed E-state index contributed by atoms with van der Waals surface area (Å²) in [6, 6.07) is 118. The number of hydrogen-bond donors (Lipinski definition) is 0. The van der Waals surface area contributed by atoms with Crippen molar-refractivity contribution in [3.8, 4) is 73.3 Å². The van der Waals surface area contributed by atoms with Crippen molar-refractivity contribution in [2.45, 2.75) is 12.0 Å². The zero-order valence-electron chi connectivity index (χ0n) is 52.7. The van der Waals surface area contributed by atoms with Gasteiger partial charge in [0, 0.05) is 54.7 Å². The maximum atomic E-state index is 13.5. The molecule has 0 saturated carbocycles. The molecule has 14 aromatic carbocycles. The quantitative estimate of drug-likeness (QED) is 0.145. The summed E-state index contributed by atoms with van der Waals surface area (Å²) >= 11 is 0. The Morgan fingerprint density at radius 2 is 0.546 bits per heavy atom. The molecule has 0 radical (unpaired) electrons. The van der Waals surface area contributed by atoms with Gasteiger partial charge in [0.15, 0.2) is 0 Å². The second-order valence-electron chi connectivity index (χ2n) is 25.7. The van der Waals surface area contributed by atoms with Gasteiger partial charge >= 0.3 is 0 Å². The molecule has 6 nitrogen and oxygen atoms in total. The fourth-order valence-electron chi connectivity index (χ4n) is 16.5. The van der Waals surface area contributed by atoms with E-state index < -0.39 is 0 Å². The van der Waals surface area contributed by atoms with E-state index in [1.807, 2.05) is 0 Å². The van der Waals surface area contributed by atoms with Crippen molar-refractivity contribution in [2.24, 2.45) is 0 Å². The molecule has 0 saturated heterocycles. The number of fused-ring (bicyclic) bond motifs is 15. The molecule has 5 heterocycles. The molecule has 18 aromatic rings. The Morgan fingerprint density at radius 1 is 0.247 bits per heavy atom. The maximum absolute atomic E-state index is 13.5. The van der Waals surface area contributed by atoms with Crippen LogP contribution in [0.4, 0.5) is 11.4 Å². The van der Waals surface area contributed by atoms with E-state index in [0.717, 1.165) is 166 Å². The van der Waals surface area contributed by atoms with Gasteiger partial charge in [0.1, 0.15) is 11.6 Å². The van der Waals surface area contributed by atoms with E-state index in [0.29, 0.717) is 5.56 Å². The van der Waals surface area contributed by atoms with E-state index in [1.165, 1.54) is 5.56 Å². The second kappa shape index (κ2) is 21.6. The first-order valence-electron chi connectivity index (χ1n) is 33.4. The molecule has 4 aromatic heterocycles. The number of nitrogens with zero attached hydrogens (tertiary/aromatic N) is 6. The number of aromatic nitrogens is 4. The van der Waals surface area contributed by atoms with Gasteiger partial charge in [-0.1, -0.05) is 261 Å². The third-order valence-corrected chi connectivity index (χ3v) is 20.7. The molecule has 2 unspecified atom stereocenters. The summed E-state index contributed by atoms with van der Waals surface area (Å²) in [5.74, 6) is -0.0244. The SMILES string of the molecule is N#Cc1c(N2c3ccccc3C3C=CC=CC32)c(-n2c3ccc(-c4ccccc4)cc3c3cc(-c4ccccc4)ccc32)c(-n2c3ccccc3c3ccccc32)c(-n2c3ccc(-c4ccccc4)cc3c3cc(-c4ccccc4)ccc32)c1-n1c2ccccc2c2ccccc21. The topological polar surface area (TPSA) is 46.8 Å². The van der Waals surface area contributed by atoms with Crippen LogP contribution in [0.15, 0.2) is 340 Å². The summed E-state index contributed by atoms with van der Waals surface area (Å²) in [5, 5.41) is 22.3. The molecule has 452 valence electrons. The van der Waals surface area contributed by atoms with Crippen LogP contribution in [-0.4, -0.2) is 24.3 Å². The lowest BCUT2D eigenvalue weighted by Crippen LogP contribution is -2.31. The molecule has 1 aliphatic carbocycles. The van der Waals surface area contributed by atoms with E-state index in [2.05, 4.69) is 369 Å². The van der Waals surface area contributed by atoms with Crippen molar-refractivity contribution in [2.75, 3.05) is 4.90 Å². The highest BCUT2D eigenvalue weighted by atomic mass is 15.2. The number of allylic oxidation sites excluding steroid dienone is 2. The first-order chi connectivity index (χ1) is 48.1. The molecule has 0 spiro atoms. The maximum Gasteiger partial charge on any atom is 0.104 e. The van der Waals surface area contributed by atoms with Crippen LogP contribution in [0.5, 0.6) is 0 Å². The van der Waals surface area contributed by atoms with E-state index in [9.17, 15) is 5.26 Å². The Bertz CT molecular complexity index is 6090. The lowest BCUT2D eigenvalue weighted by atomic mass is 9.91. The first kappa shape index (κ1) is 54.6. The van der Waals surface area contributed by atoms with Crippen LogP contribution in [0.1, 0.15) is 17.0 Å². The van der Waals surface area contributed by atoms with Crippen molar-refractivity contribution in [3.05, 3.63) is 351 Å². The van der Waals surface area contributed by atoms with E-state index in [4.69, 9.17) is 0 Å². The average Bonchev–Trinajstić information content (AvgIpc) is 1.57. The van der Waals surface area contributed by atoms with Crippen LogP contribution in [0.3, 0.4) is 0 Å². The standard InChI is InChI=1S/C91H58N6/c92-57-76-87(93-77-39-19-13-33-66(77)67-34-14-20-40-78(67)93)89(96-83-49-45-62(58-25-5-1-6-26-58)53-72(83)73-54-63(46-50-84(73)96)59-27-7-2-8-28-59)91(95-81-43-23-17-37-70(81)71-38-18-24-44-82(71)95)90(88(76)94-79-41-21-15-35-68(79)69-36-16-22-42-80(69)94)97-85-51-47-64(60-29-9-3-10-30-60)55-74(85)75-56-65(48-52-86(75)97)61-31-11-4-12-32-61/h1-56,66,77H. The van der Waals surface area contributed by atoms with Gasteiger partial charge in [0.2, 0.25) is 0 Å². The Kier molecular flexibility index (Phi) is 12.1. The predicted octanol–water partition coefficient (Wildman–Crippen LogP) is 23.3. The van der Waals surface area contributed by atoms with Crippen molar-refractivity contribution in [1.29, 1.82) is 5.26 Å². The highest BCUT2D eigenvalue weighted by molar-refractivity contribution is 6.19. The zero-order valence-corrected chi connectivity index (χ0v) is 52.7. The number of para-hydroxylation sites is 5. The van der Waals surface area contributed by atoms with Crippen LogP contribution >= 0.6 is 0 Å². The monoisotopic (exact) mass is 1230 g/mol. The van der Waals surface area contributed by atoms with Crippen LogP contribution in [-0.2, 0) is 0 Å². The lowest BCUT2D eigenvalue weighted by Gasteiger charge is -2.35. The minimum absolute atomic E-state index is 0.0244. The van der Waals surface area contributed by atoms with Crippen molar-refractivity contribution >= 4 is 98.6 Å². The van der Waals surface area contributed by atoms with Crippen molar-refractivity contribution < 1.29 is 0 Å². The summed E-state index contributed by atoms with van der Waals surface area (Å²) in [7, 11) is 0. The molecule has 0 fully saturated rings. The molecule has 0 N–H and O–H groups in total. The van der Waals surface area contributed by atoms with Crippen LogP contribution < -0.4 is 4.90 Å². The molecular formula is C91H58N6. The predicted molar refractivity (Wildman–Crippen MR) is 404 cm³/mol. The van der Waals surface area contributed by atoms with Crippen molar-refractivity contribution in [3.63, 3.8) is 0 Å². The minimum atomic E-state index is -0.223. The molecule has 97 heavy (non-hydrogen) atoms. The van der Waals surface area contributed by atoms with E-state index in [1.54, 1.807) is 0 Å². The summed E-state index contributed by atoms with van der Waals surface area (Å²) < 4.78 is 10.1. The molecule has 0 amide bonds.